The Hall–Kier alpha value is -2.10. The molecule has 0 aliphatic heterocycles. The van der Waals surface area contributed by atoms with Crippen molar-refractivity contribution in [2.45, 2.75) is 0 Å². The molecule has 1 amide bonds. The maximum Gasteiger partial charge on any atom is 0.395 e. The first-order chi connectivity index (χ1) is 6.66. The van der Waals surface area contributed by atoms with Crippen molar-refractivity contribution in [3.8, 4) is 0 Å². The molecule has 1 aromatic rings. The van der Waals surface area contributed by atoms with E-state index in [2.05, 4.69) is 6.58 Å². The fraction of sp³-hybridized carbons (Fsp3) is 0. The molecule has 0 saturated carbocycles. The molecule has 0 spiro atoms. The summed E-state index contributed by atoms with van der Waals surface area (Å²) in [5.74, 6) is -2.53. The number of carbonyl (C=O) groups excluding carboxylic acids is 1. The second-order valence-corrected chi connectivity index (χ2v) is 2.50. The molecule has 0 heterocycles. The van der Waals surface area contributed by atoms with Gasteiger partial charge in [0, 0.05) is 11.9 Å². The zero-order valence-electron chi connectivity index (χ0n) is 7.38. The molecule has 1 N–H and O–H groups in total. The van der Waals surface area contributed by atoms with Gasteiger partial charge in [-0.25, -0.2) is 4.79 Å². The van der Waals surface area contributed by atoms with Crippen LogP contribution in [0.5, 0.6) is 0 Å². The molecule has 4 heteroatoms. The quantitative estimate of drug-likeness (QED) is 0.715. The average molecular weight is 191 g/mol. The van der Waals surface area contributed by atoms with E-state index < -0.39 is 11.9 Å². The highest BCUT2D eigenvalue weighted by molar-refractivity contribution is 6.37. The summed E-state index contributed by atoms with van der Waals surface area (Å²) in [5.41, 5.74) is 0.481. The predicted molar refractivity (Wildman–Crippen MR) is 51.8 cm³/mol. The summed E-state index contributed by atoms with van der Waals surface area (Å²) >= 11 is 0. The largest absolute Gasteiger partial charge is 0.474 e. The third kappa shape index (κ3) is 1.98. The van der Waals surface area contributed by atoms with Gasteiger partial charge < -0.3 is 5.11 Å². The summed E-state index contributed by atoms with van der Waals surface area (Å²) in [6.45, 7) is 3.38. The summed E-state index contributed by atoms with van der Waals surface area (Å²) in [7, 11) is 0. The Morgan fingerprint density at radius 2 is 1.86 bits per heavy atom. The van der Waals surface area contributed by atoms with Crippen LogP contribution in [0.2, 0.25) is 0 Å². The molecule has 14 heavy (non-hydrogen) atoms. The van der Waals surface area contributed by atoms with Crippen LogP contribution in [-0.4, -0.2) is 17.0 Å². The van der Waals surface area contributed by atoms with Gasteiger partial charge in [0.15, 0.2) is 0 Å². The molecule has 0 aliphatic rings. The number of rotatable bonds is 2. The van der Waals surface area contributed by atoms with E-state index in [-0.39, 0.29) is 0 Å². The number of para-hydroxylation sites is 1. The van der Waals surface area contributed by atoms with E-state index in [4.69, 9.17) is 5.11 Å². The van der Waals surface area contributed by atoms with E-state index in [1.54, 1.807) is 30.3 Å². The zero-order valence-corrected chi connectivity index (χ0v) is 7.38. The number of benzene rings is 1. The average Bonchev–Trinajstić information content (AvgIpc) is 2.20. The van der Waals surface area contributed by atoms with Crippen molar-refractivity contribution in [2.24, 2.45) is 0 Å². The summed E-state index contributed by atoms with van der Waals surface area (Å²) in [6.07, 6.45) is 1.17. The molecule has 1 rings (SSSR count). The lowest BCUT2D eigenvalue weighted by Gasteiger charge is -2.14. The van der Waals surface area contributed by atoms with Crippen LogP contribution in [0.25, 0.3) is 0 Å². The highest BCUT2D eigenvalue weighted by Gasteiger charge is 2.19. The lowest BCUT2D eigenvalue weighted by atomic mass is 10.3. The minimum absolute atomic E-state index is 0.481. The molecule has 72 valence electrons. The Morgan fingerprint density at radius 1 is 1.29 bits per heavy atom. The second-order valence-electron chi connectivity index (χ2n) is 2.50. The molecule has 0 radical (unpaired) electrons. The van der Waals surface area contributed by atoms with Crippen LogP contribution in [0.4, 0.5) is 5.69 Å². The standard InChI is InChI=1S/C10H9NO3/c1-2-11(9(12)10(13)14)8-6-4-3-5-7-8/h2-7H,1H2,(H,13,14). The van der Waals surface area contributed by atoms with E-state index in [1.807, 2.05) is 0 Å². The van der Waals surface area contributed by atoms with Crippen molar-refractivity contribution in [3.05, 3.63) is 43.1 Å². The number of anilines is 1. The van der Waals surface area contributed by atoms with Gasteiger partial charge in [-0.05, 0) is 12.1 Å². The van der Waals surface area contributed by atoms with Crippen LogP contribution in [0, 0.1) is 0 Å². The third-order valence-electron chi connectivity index (χ3n) is 1.62. The van der Waals surface area contributed by atoms with Gasteiger partial charge in [0.1, 0.15) is 0 Å². The van der Waals surface area contributed by atoms with Gasteiger partial charge in [-0.15, -0.1) is 0 Å². The molecule has 1 aromatic carbocycles. The first-order valence-electron chi connectivity index (χ1n) is 3.91. The van der Waals surface area contributed by atoms with Gasteiger partial charge in [0.05, 0.1) is 0 Å². The Labute approximate surface area is 81.1 Å². The number of carboxylic acids is 1. The highest BCUT2D eigenvalue weighted by atomic mass is 16.4. The topological polar surface area (TPSA) is 57.6 Å². The Morgan fingerprint density at radius 3 is 2.29 bits per heavy atom. The van der Waals surface area contributed by atoms with Gasteiger partial charge in [-0.3, -0.25) is 9.69 Å². The van der Waals surface area contributed by atoms with Gasteiger partial charge >= 0.3 is 11.9 Å². The fourth-order valence-electron chi connectivity index (χ4n) is 0.997. The summed E-state index contributed by atoms with van der Waals surface area (Å²) in [6, 6.07) is 8.45. The van der Waals surface area contributed by atoms with Gasteiger partial charge in [0.25, 0.3) is 0 Å². The summed E-state index contributed by atoms with van der Waals surface area (Å²) < 4.78 is 0. The molecule has 0 aromatic heterocycles. The fourth-order valence-corrected chi connectivity index (χ4v) is 0.997. The number of aliphatic carboxylic acids is 1. The van der Waals surface area contributed by atoms with Gasteiger partial charge in [-0.2, -0.15) is 0 Å². The number of amides is 1. The third-order valence-corrected chi connectivity index (χ3v) is 1.62. The second kappa shape index (κ2) is 4.23. The summed E-state index contributed by atoms with van der Waals surface area (Å²) in [5, 5.41) is 8.51. The number of carbonyl (C=O) groups is 2. The molecular formula is C10H9NO3. The number of hydrogen-bond donors (Lipinski definition) is 1. The number of carboxylic acid groups (broad SMARTS) is 1. The van der Waals surface area contributed by atoms with E-state index in [9.17, 15) is 9.59 Å². The lowest BCUT2D eigenvalue weighted by Crippen LogP contribution is -2.31. The van der Waals surface area contributed by atoms with Crippen molar-refractivity contribution in [1.29, 1.82) is 0 Å². The minimum atomic E-state index is -1.51. The van der Waals surface area contributed by atoms with E-state index >= 15 is 0 Å². The SMILES string of the molecule is C=CN(C(=O)C(=O)O)c1ccccc1. The minimum Gasteiger partial charge on any atom is -0.474 e. The molecule has 0 atom stereocenters. The zero-order chi connectivity index (χ0) is 10.6. The van der Waals surface area contributed by atoms with Crippen LogP contribution in [0.1, 0.15) is 0 Å². The first kappa shape index (κ1) is 9.98. The normalized spacial score (nSPS) is 9.14. The monoisotopic (exact) mass is 191 g/mol. The van der Waals surface area contributed by atoms with Crippen LogP contribution in [0.3, 0.4) is 0 Å². The van der Waals surface area contributed by atoms with Crippen molar-refractivity contribution in [2.75, 3.05) is 4.90 Å². The Kier molecular flexibility index (Phi) is 3.01. The molecule has 0 bridgehead atoms. The lowest BCUT2D eigenvalue weighted by molar-refractivity contribution is -0.148. The van der Waals surface area contributed by atoms with Crippen LogP contribution in [0.15, 0.2) is 43.1 Å². The molecule has 0 fully saturated rings. The predicted octanol–water partition coefficient (Wildman–Crippen LogP) is 1.25. The van der Waals surface area contributed by atoms with Crippen molar-refractivity contribution < 1.29 is 14.7 Å². The van der Waals surface area contributed by atoms with Crippen LogP contribution >= 0.6 is 0 Å². The smallest absolute Gasteiger partial charge is 0.395 e. The maximum absolute atomic E-state index is 11.1. The van der Waals surface area contributed by atoms with Crippen molar-refractivity contribution in [1.82, 2.24) is 0 Å². The molecule has 0 aliphatic carbocycles. The van der Waals surface area contributed by atoms with Crippen LogP contribution in [-0.2, 0) is 9.59 Å². The van der Waals surface area contributed by atoms with Gasteiger partial charge in [0.2, 0.25) is 0 Å². The Balaban J connectivity index is 2.99. The number of hydrogen-bond acceptors (Lipinski definition) is 2. The molecule has 4 nitrogen and oxygen atoms in total. The van der Waals surface area contributed by atoms with Crippen molar-refractivity contribution >= 4 is 17.6 Å². The van der Waals surface area contributed by atoms with Crippen LogP contribution < -0.4 is 4.90 Å². The highest BCUT2D eigenvalue weighted by Crippen LogP contribution is 2.13. The molecule has 0 saturated heterocycles. The van der Waals surface area contributed by atoms with Crippen molar-refractivity contribution in [3.63, 3.8) is 0 Å². The van der Waals surface area contributed by atoms with Gasteiger partial charge in [-0.1, -0.05) is 24.8 Å². The van der Waals surface area contributed by atoms with E-state index in [1.165, 1.54) is 6.20 Å². The molecule has 0 unspecified atom stereocenters. The van der Waals surface area contributed by atoms with E-state index in [0.29, 0.717) is 5.69 Å². The van der Waals surface area contributed by atoms with E-state index in [0.717, 1.165) is 4.90 Å². The summed E-state index contributed by atoms with van der Waals surface area (Å²) in [4.78, 5) is 22.5. The number of nitrogens with zero attached hydrogens (tertiary/aromatic N) is 1. The maximum atomic E-state index is 11.1. The first-order valence-corrected chi connectivity index (χ1v) is 3.91. The Bertz CT molecular complexity index is 359. The molecular weight excluding hydrogens is 182 g/mol.